The third kappa shape index (κ3) is 1.70. The Labute approximate surface area is 86.2 Å². The van der Waals surface area contributed by atoms with Gasteiger partial charge in [0.25, 0.3) is 0 Å². The first-order valence-electron chi connectivity index (χ1n) is 4.21. The molecule has 2 nitrogen and oxygen atoms in total. The normalized spacial score (nSPS) is 10.1. The van der Waals surface area contributed by atoms with Crippen LogP contribution in [0.5, 0.6) is 0 Å². The van der Waals surface area contributed by atoms with Crippen LogP contribution in [-0.2, 0) is 0 Å². The summed E-state index contributed by atoms with van der Waals surface area (Å²) in [6.07, 6.45) is 1.51. The summed E-state index contributed by atoms with van der Waals surface area (Å²) < 4.78 is 0. The highest BCUT2D eigenvalue weighted by Gasteiger charge is 1.99. The summed E-state index contributed by atoms with van der Waals surface area (Å²) in [4.78, 5) is 14.2. The summed E-state index contributed by atoms with van der Waals surface area (Å²) in [5.41, 5.74) is 1.59. The molecule has 0 saturated carbocycles. The number of aromatic nitrogens is 1. The summed E-state index contributed by atoms with van der Waals surface area (Å²) in [7, 11) is 0. The van der Waals surface area contributed by atoms with Gasteiger partial charge in [-0.3, -0.25) is 4.79 Å². The predicted molar refractivity (Wildman–Crippen MR) is 57.5 cm³/mol. The molecule has 1 aromatic carbocycles. The van der Waals surface area contributed by atoms with Crippen LogP contribution >= 0.6 is 11.6 Å². The van der Waals surface area contributed by atoms with Gasteiger partial charge in [-0.1, -0.05) is 41.9 Å². The maximum Gasteiger partial charge on any atom is 0.200 e. The Kier molecular flexibility index (Phi) is 2.37. The molecule has 2 rings (SSSR count). The van der Waals surface area contributed by atoms with Gasteiger partial charge >= 0.3 is 0 Å². The number of nitrogens with one attached hydrogen (secondary N) is 1. The maximum absolute atomic E-state index is 11.3. The molecule has 70 valence electrons. The quantitative estimate of drug-likeness (QED) is 0.763. The first kappa shape index (κ1) is 9.03. The molecule has 0 radical (unpaired) electrons. The fourth-order valence-electron chi connectivity index (χ4n) is 1.24. The Hall–Kier alpha value is -1.54. The molecule has 0 amide bonds. The number of H-pyrrole nitrogens is 1. The second kappa shape index (κ2) is 3.68. The van der Waals surface area contributed by atoms with Crippen molar-refractivity contribution >= 4 is 11.6 Å². The number of hydrogen-bond donors (Lipinski definition) is 1. The van der Waals surface area contributed by atoms with E-state index in [-0.39, 0.29) is 10.5 Å². The van der Waals surface area contributed by atoms with Crippen molar-refractivity contribution in [2.75, 3.05) is 0 Å². The molecule has 1 aromatic heterocycles. The molecule has 0 atom stereocenters. The van der Waals surface area contributed by atoms with E-state index in [2.05, 4.69) is 4.98 Å². The minimum atomic E-state index is -0.163. The van der Waals surface area contributed by atoms with E-state index in [1.54, 1.807) is 0 Å². The zero-order chi connectivity index (χ0) is 9.97. The van der Waals surface area contributed by atoms with E-state index < -0.39 is 0 Å². The monoisotopic (exact) mass is 205 g/mol. The fraction of sp³-hybridized carbons (Fsp3) is 0. The minimum Gasteiger partial charge on any atom is -0.360 e. The third-order valence-electron chi connectivity index (χ3n) is 1.95. The average Bonchev–Trinajstić information content (AvgIpc) is 2.23. The Balaban J connectivity index is 2.54. The van der Waals surface area contributed by atoms with Crippen molar-refractivity contribution in [2.24, 2.45) is 0 Å². The van der Waals surface area contributed by atoms with Crippen molar-refractivity contribution in [3.05, 3.63) is 57.8 Å². The standard InChI is InChI=1S/C11H8ClNO/c12-9-7-13-10(6-11(9)14)8-4-2-1-3-5-8/h1-7H,(H,13,14). The molecule has 1 N–H and O–H groups in total. The molecule has 0 spiro atoms. The summed E-state index contributed by atoms with van der Waals surface area (Å²) in [5, 5.41) is 0.213. The Bertz CT molecular complexity index is 490. The van der Waals surface area contributed by atoms with Crippen LogP contribution in [0.2, 0.25) is 5.02 Å². The number of pyridine rings is 1. The van der Waals surface area contributed by atoms with Gasteiger partial charge in [-0.2, -0.15) is 0 Å². The summed E-state index contributed by atoms with van der Waals surface area (Å²) in [6, 6.07) is 11.1. The van der Waals surface area contributed by atoms with Crippen molar-refractivity contribution in [2.45, 2.75) is 0 Å². The lowest BCUT2D eigenvalue weighted by Crippen LogP contribution is -2.01. The van der Waals surface area contributed by atoms with Crippen LogP contribution in [0.4, 0.5) is 0 Å². The largest absolute Gasteiger partial charge is 0.360 e. The van der Waals surface area contributed by atoms with Gasteiger partial charge in [0, 0.05) is 18.0 Å². The Morgan fingerprint density at radius 2 is 1.86 bits per heavy atom. The Morgan fingerprint density at radius 3 is 2.50 bits per heavy atom. The molecule has 0 saturated heterocycles. The molecule has 1 heterocycles. The van der Waals surface area contributed by atoms with Crippen molar-refractivity contribution < 1.29 is 0 Å². The van der Waals surface area contributed by atoms with Crippen LogP contribution in [0.25, 0.3) is 11.3 Å². The smallest absolute Gasteiger partial charge is 0.200 e. The topological polar surface area (TPSA) is 32.9 Å². The number of aromatic amines is 1. The molecule has 3 heteroatoms. The first-order valence-corrected chi connectivity index (χ1v) is 4.59. The lowest BCUT2D eigenvalue weighted by Gasteiger charge is -2.00. The highest BCUT2D eigenvalue weighted by atomic mass is 35.5. The van der Waals surface area contributed by atoms with Gasteiger partial charge < -0.3 is 4.98 Å². The molecule has 0 unspecified atom stereocenters. The van der Waals surface area contributed by atoms with Gasteiger partial charge in [0.05, 0.1) is 0 Å². The van der Waals surface area contributed by atoms with E-state index in [0.717, 1.165) is 11.3 Å². The Morgan fingerprint density at radius 1 is 1.14 bits per heavy atom. The third-order valence-corrected chi connectivity index (χ3v) is 2.25. The number of benzene rings is 1. The highest BCUT2D eigenvalue weighted by molar-refractivity contribution is 6.30. The van der Waals surface area contributed by atoms with Crippen LogP contribution < -0.4 is 5.43 Å². The summed E-state index contributed by atoms with van der Waals surface area (Å²) >= 11 is 5.62. The minimum absolute atomic E-state index is 0.163. The van der Waals surface area contributed by atoms with Crippen LogP contribution in [0.3, 0.4) is 0 Å². The molecular formula is C11H8ClNO. The molecule has 14 heavy (non-hydrogen) atoms. The van der Waals surface area contributed by atoms with Crippen LogP contribution in [0, 0.1) is 0 Å². The van der Waals surface area contributed by atoms with Crippen LogP contribution in [0.15, 0.2) is 47.4 Å². The van der Waals surface area contributed by atoms with Crippen molar-refractivity contribution in [3.63, 3.8) is 0 Å². The number of hydrogen-bond acceptors (Lipinski definition) is 1. The first-order chi connectivity index (χ1) is 6.77. The average molecular weight is 206 g/mol. The van der Waals surface area contributed by atoms with Gasteiger partial charge in [-0.05, 0) is 5.56 Å². The second-order valence-electron chi connectivity index (χ2n) is 2.92. The SMILES string of the molecule is O=c1cc(-c2ccccc2)[nH]cc1Cl. The molecule has 0 aliphatic rings. The molecule has 2 aromatic rings. The lowest BCUT2D eigenvalue weighted by molar-refractivity contribution is 1.30. The van der Waals surface area contributed by atoms with E-state index >= 15 is 0 Å². The molecule has 0 fully saturated rings. The fourth-order valence-corrected chi connectivity index (χ4v) is 1.35. The second-order valence-corrected chi connectivity index (χ2v) is 3.33. The zero-order valence-electron chi connectivity index (χ0n) is 7.33. The lowest BCUT2D eigenvalue weighted by atomic mass is 10.1. The number of halogens is 1. The molecule has 0 aliphatic carbocycles. The van der Waals surface area contributed by atoms with Crippen LogP contribution in [-0.4, -0.2) is 4.98 Å². The van der Waals surface area contributed by atoms with Gasteiger partial charge in [0.2, 0.25) is 5.43 Å². The van der Waals surface area contributed by atoms with Gasteiger partial charge in [0.15, 0.2) is 0 Å². The number of rotatable bonds is 1. The highest BCUT2D eigenvalue weighted by Crippen LogP contribution is 2.14. The van der Waals surface area contributed by atoms with Crippen molar-refractivity contribution in [1.29, 1.82) is 0 Å². The summed E-state index contributed by atoms with van der Waals surface area (Å²) in [6.45, 7) is 0. The predicted octanol–water partition coefficient (Wildman–Crippen LogP) is 2.70. The van der Waals surface area contributed by atoms with Crippen molar-refractivity contribution in [3.8, 4) is 11.3 Å². The van der Waals surface area contributed by atoms with E-state index in [0.29, 0.717) is 0 Å². The zero-order valence-corrected chi connectivity index (χ0v) is 8.08. The molecule has 0 aliphatic heterocycles. The molecular weight excluding hydrogens is 198 g/mol. The van der Waals surface area contributed by atoms with E-state index in [4.69, 9.17) is 11.6 Å². The summed E-state index contributed by atoms with van der Waals surface area (Å²) in [5.74, 6) is 0. The van der Waals surface area contributed by atoms with Gasteiger partial charge in [0.1, 0.15) is 5.02 Å². The van der Waals surface area contributed by atoms with Crippen molar-refractivity contribution in [1.82, 2.24) is 4.98 Å². The van der Waals surface area contributed by atoms with E-state index in [1.165, 1.54) is 12.3 Å². The van der Waals surface area contributed by atoms with Crippen LogP contribution in [0.1, 0.15) is 0 Å². The molecule has 0 bridgehead atoms. The maximum atomic E-state index is 11.3. The van der Waals surface area contributed by atoms with Gasteiger partial charge in [-0.15, -0.1) is 0 Å². The van der Waals surface area contributed by atoms with E-state index in [9.17, 15) is 4.79 Å². The van der Waals surface area contributed by atoms with E-state index in [1.807, 2.05) is 30.3 Å². The van der Waals surface area contributed by atoms with Gasteiger partial charge in [-0.25, -0.2) is 0 Å².